The van der Waals surface area contributed by atoms with Crippen LogP contribution in [0.25, 0.3) is 0 Å². The van der Waals surface area contributed by atoms with Gasteiger partial charge in [-0.3, -0.25) is 4.79 Å². The molecule has 15 heavy (non-hydrogen) atoms. The molecule has 1 atom stereocenters. The summed E-state index contributed by atoms with van der Waals surface area (Å²) in [5.74, 6) is -1.06. The van der Waals surface area contributed by atoms with E-state index in [9.17, 15) is 9.59 Å². The van der Waals surface area contributed by atoms with E-state index in [-0.39, 0.29) is 12.2 Å². The van der Waals surface area contributed by atoms with Gasteiger partial charge in [-0.2, -0.15) is 0 Å². The molecular formula is C11H9ClO3. The number of hydrogen-bond donors (Lipinski definition) is 0. The maximum absolute atomic E-state index is 11.9. The number of esters is 1. The topological polar surface area (TPSA) is 43.4 Å². The minimum absolute atomic E-state index is 0.205. The predicted molar refractivity (Wildman–Crippen MR) is 55.1 cm³/mol. The van der Waals surface area contributed by atoms with Gasteiger partial charge in [0.25, 0.3) is 0 Å². The Kier molecular flexibility index (Phi) is 2.27. The minimum Gasteiger partial charge on any atom is -0.467 e. The molecule has 1 unspecified atom stereocenters. The monoisotopic (exact) mass is 224 g/mol. The summed E-state index contributed by atoms with van der Waals surface area (Å²) < 4.78 is 4.55. The fourth-order valence-corrected chi connectivity index (χ4v) is 2.10. The van der Waals surface area contributed by atoms with Crippen molar-refractivity contribution >= 4 is 23.4 Å². The Morgan fingerprint density at radius 2 is 2.13 bits per heavy atom. The zero-order chi connectivity index (χ0) is 11.1. The molecule has 0 saturated carbocycles. The van der Waals surface area contributed by atoms with Crippen LogP contribution in [0.3, 0.4) is 0 Å². The lowest BCUT2D eigenvalue weighted by Gasteiger charge is -2.15. The van der Waals surface area contributed by atoms with Crippen molar-refractivity contribution in [1.82, 2.24) is 0 Å². The molecule has 4 heteroatoms. The van der Waals surface area contributed by atoms with E-state index in [0.717, 1.165) is 5.56 Å². The first-order valence-electron chi connectivity index (χ1n) is 4.49. The number of ether oxygens (including phenoxy) is 1. The van der Waals surface area contributed by atoms with E-state index in [1.807, 2.05) is 6.07 Å². The van der Waals surface area contributed by atoms with Gasteiger partial charge >= 0.3 is 5.97 Å². The van der Waals surface area contributed by atoms with Crippen LogP contribution >= 0.6 is 11.6 Å². The second-order valence-corrected chi connectivity index (χ2v) is 4.10. The second kappa shape index (κ2) is 3.35. The van der Waals surface area contributed by atoms with Crippen LogP contribution < -0.4 is 0 Å². The maximum Gasteiger partial charge on any atom is 0.335 e. The lowest BCUT2D eigenvalue weighted by Crippen LogP contribution is -2.39. The molecule has 78 valence electrons. The van der Waals surface area contributed by atoms with E-state index in [4.69, 9.17) is 11.6 Å². The van der Waals surface area contributed by atoms with Crippen LogP contribution in [0.5, 0.6) is 0 Å². The molecule has 1 aromatic rings. The van der Waals surface area contributed by atoms with Crippen molar-refractivity contribution in [1.29, 1.82) is 0 Å². The van der Waals surface area contributed by atoms with E-state index >= 15 is 0 Å². The highest BCUT2D eigenvalue weighted by Gasteiger charge is 2.51. The van der Waals surface area contributed by atoms with Gasteiger partial charge in [-0.25, -0.2) is 4.79 Å². The van der Waals surface area contributed by atoms with Crippen LogP contribution in [0.1, 0.15) is 15.9 Å². The zero-order valence-corrected chi connectivity index (χ0v) is 8.88. The largest absolute Gasteiger partial charge is 0.467 e. The van der Waals surface area contributed by atoms with Gasteiger partial charge in [-0.1, -0.05) is 35.9 Å². The molecule has 0 fully saturated rings. The van der Waals surface area contributed by atoms with Crippen LogP contribution in [-0.4, -0.2) is 23.7 Å². The van der Waals surface area contributed by atoms with Gasteiger partial charge in [0.05, 0.1) is 7.11 Å². The van der Waals surface area contributed by atoms with Crippen LogP contribution in [-0.2, 0) is 16.0 Å². The van der Waals surface area contributed by atoms with E-state index in [1.165, 1.54) is 7.11 Å². The molecule has 2 rings (SSSR count). The highest BCUT2D eigenvalue weighted by Crippen LogP contribution is 2.35. The number of carbonyl (C=O) groups excluding carboxylic acids is 2. The molecule has 0 N–H and O–H groups in total. The summed E-state index contributed by atoms with van der Waals surface area (Å²) in [7, 11) is 1.22. The van der Waals surface area contributed by atoms with Gasteiger partial charge in [0, 0.05) is 12.0 Å². The first-order chi connectivity index (χ1) is 7.09. The Hall–Kier alpha value is -1.35. The van der Waals surface area contributed by atoms with Crippen LogP contribution in [0.4, 0.5) is 0 Å². The number of fused-ring (bicyclic) bond motifs is 1. The van der Waals surface area contributed by atoms with Gasteiger partial charge < -0.3 is 4.74 Å². The van der Waals surface area contributed by atoms with Crippen molar-refractivity contribution in [3.63, 3.8) is 0 Å². The summed E-state index contributed by atoms with van der Waals surface area (Å²) in [6.45, 7) is 0. The van der Waals surface area contributed by atoms with E-state index in [1.54, 1.807) is 18.2 Å². The van der Waals surface area contributed by atoms with Crippen LogP contribution in [0.15, 0.2) is 24.3 Å². The number of ketones is 1. The highest BCUT2D eigenvalue weighted by atomic mass is 35.5. The minimum atomic E-state index is -1.56. The van der Waals surface area contributed by atoms with E-state index in [0.29, 0.717) is 5.56 Å². The molecule has 1 aliphatic rings. The molecule has 3 nitrogen and oxygen atoms in total. The van der Waals surface area contributed by atoms with Gasteiger partial charge in [-0.05, 0) is 5.56 Å². The summed E-state index contributed by atoms with van der Waals surface area (Å²) in [6, 6.07) is 7.02. The van der Waals surface area contributed by atoms with Crippen molar-refractivity contribution in [2.24, 2.45) is 0 Å². The smallest absolute Gasteiger partial charge is 0.335 e. The average molecular weight is 225 g/mol. The molecular weight excluding hydrogens is 216 g/mol. The van der Waals surface area contributed by atoms with Crippen molar-refractivity contribution in [2.45, 2.75) is 11.3 Å². The summed E-state index contributed by atoms with van der Waals surface area (Å²) in [6.07, 6.45) is 0.205. The molecule has 0 amide bonds. The Morgan fingerprint density at radius 3 is 2.73 bits per heavy atom. The van der Waals surface area contributed by atoms with Crippen LogP contribution in [0, 0.1) is 0 Å². The molecule has 0 aromatic heterocycles. The lowest BCUT2D eigenvalue weighted by atomic mass is 10.0. The standard InChI is InChI=1S/C11H9ClO3/c1-15-10(14)11(12)6-7-4-2-3-5-8(7)9(11)13/h2-5H,6H2,1H3. The number of carbonyl (C=O) groups is 2. The maximum atomic E-state index is 11.9. The normalized spacial score (nSPS) is 23.7. The molecule has 1 aliphatic carbocycles. The van der Waals surface area contributed by atoms with Crippen LogP contribution in [0.2, 0.25) is 0 Å². The average Bonchev–Trinajstić information content (AvgIpc) is 2.52. The third-order valence-corrected chi connectivity index (χ3v) is 3.02. The Bertz CT molecular complexity index is 441. The zero-order valence-electron chi connectivity index (χ0n) is 8.12. The SMILES string of the molecule is COC(=O)C1(Cl)Cc2ccccc2C1=O. The van der Waals surface area contributed by atoms with Gasteiger partial charge in [0.1, 0.15) is 0 Å². The third kappa shape index (κ3) is 1.35. The molecule has 1 aromatic carbocycles. The fraction of sp³-hybridized carbons (Fsp3) is 0.273. The Morgan fingerprint density at radius 1 is 1.47 bits per heavy atom. The number of hydrogen-bond acceptors (Lipinski definition) is 3. The van der Waals surface area contributed by atoms with Gasteiger partial charge in [0.2, 0.25) is 4.87 Å². The number of rotatable bonds is 1. The second-order valence-electron chi connectivity index (χ2n) is 3.46. The first kappa shape index (κ1) is 10.2. The Balaban J connectivity index is 2.47. The fourth-order valence-electron chi connectivity index (χ4n) is 1.78. The number of Topliss-reactive ketones (excluding diaryl/α,β-unsaturated/α-hetero) is 1. The highest BCUT2D eigenvalue weighted by molar-refractivity contribution is 6.49. The predicted octanol–water partition coefficient (Wildman–Crippen LogP) is 1.58. The van der Waals surface area contributed by atoms with E-state index in [2.05, 4.69) is 4.74 Å². The quantitative estimate of drug-likeness (QED) is 0.413. The molecule has 0 bridgehead atoms. The molecule has 0 saturated heterocycles. The molecule has 0 radical (unpaired) electrons. The summed E-state index contributed by atoms with van der Waals surface area (Å²) in [5, 5.41) is 0. The molecule has 0 aliphatic heterocycles. The number of benzene rings is 1. The first-order valence-corrected chi connectivity index (χ1v) is 4.87. The van der Waals surface area contributed by atoms with Crippen molar-refractivity contribution in [2.75, 3.05) is 7.11 Å². The Labute approximate surface area is 92.0 Å². The van der Waals surface area contributed by atoms with E-state index < -0.39 is 10.8 Å². The lowest BCUT2D eigenvalue weighted by molar-refractivity contribution is -0.142. The summed E-state index contributed by atoms with van der Waals surface area (Å²) in [4.78, 5) is 21.8. The summed E-state index contributed by atoms with van der Waals surface area (Å²) in [5.41, 5.74) is 1.31. The molecule has 0 heterocycles. The van der Waals surface area contributed by atoms with Crippen molar-refractivity contribution in [3.05, 3.63) is 35.4 Å². The molecule has 0 spiro atoms. The van der Waals surface area contributed by atoms with Crippen molar-refractivity contribution < 1.29 is 14.3 Å². The number of halogens is 1. The third-order valence-electron chi connectivity index (χ3n) is 2.56. The number of alkyl halides is 1. The summed E-state index contributed by atoms with van der Waals surface area (Å²) >= 11 is 6.01. The number of methoxy groups -OCH3 is 1. The van der Waals surface area contributed by atoms with Crippen molar-refractivity contribution in [3.8, 4) is 0 Å². The van der Waals surface area contributed by atoms with Gasteiger partial charge in [-0.15, -0.1) is 0 Å². The van der Waals surface area contributed by atoms with Gasteiger partial charge in [0.15, 0.2) is 5.78 Å².